The molecule has 4 nitrogen and oxygen atoms in total. The second-order valence-corrected chi connectivity index (χ2v) is 8.63. The number of aromatic carboxylic acids is 2. The van der Waals surface area contributed by atoms with Crippen LogP contribution in [0.2, 0.25) is 10.0 Å². The fourth-order valence-electron chi connectivity index (χ4n) is 4.81. The molecule has 6 heteroatoms. The van der Waals surface area contributed by atoms with Crippen LogP contribution in [-0.4, -0.2) is 22.2 Å². The molecule has 0 atom stereocenters. The zero-order chi connectivity index (χ0) is 23.3. The summed E-state index contributed by atoms with van der Waals surface area (Å²) in [6, 6.07) is 24.9. The molecule has 0 bridgehead atoms. The van der Waals surface area contributed by atoms with Crippen molar-refractivity contribution in [1.82, 2.24) is 0 Å². The maximum absolute atomic E-state index is 11.5. The van der Waals surface area contributed by atoms with E-state index in [9.17, 15) is 19.8 Å². The number of benzene rings is 4. The number of halogens is 2. The first-order chi connectivity index (χ1) is 15.9. The van der Waals surface area contributed by atoms with Crippen LogP contribution in [0.4, 0.5) is 0 Å². The van der Waals surface area contributed by atoms with Crippen molar-refractivity contribution in [3.8, 4) is 11.1 Å². The number of fused-ring (bicyclic) bond motifs is 3. The molecule has 162 valence electrons. The highest BCUT2D eigenvalue weighted by Crippen LogP contribution is 2.59. The van der Waals surface area contributed by atoms with Gasteiger partial charge < -0.3 is 10.2 Å². The number of carboxylic acids is 2. The molecule has 0 saturated heterocycles. The lowest BCUT2D eigenvalue weighted by molar-refractivity contribution is 0.0686. The highest BCUT2D eigenvalue weighted by atomic mass is 35.5. The minimum atomic E-state index is -1.02. The molecule has 0 amide bonds. The van der Waals surface area contributed by atoms with Crippen LogP contribution < -0.4 is 0 Å². The highest BCUT2D eigenvalue weighted by Gasteiger charge is 2.47. The molecule has 0 saturated carbocycles. The Bertz CT molecular complexity index is 1370. The van der Waals surface area contributed by atoms with E-state index in [1.54, 1.807) is 54.6 Å². The molecule has 0 spiro atoms. The average molecular weight is 475 g/mol. The lowest BCUT2D eigenvalue weighted by Gasteiger charge is -2.34. The van der Waals surface area contributed by atoms with Crippen molar-refractivity contribution in [3.05, 3.63) is 128 Å². The van der Waals surface area contributed by atoms with Crippen LogP contribution in [0.15, 0.2) is 84.9 Å². The molecule has 4 aromatic carbocycles. The van der Waals surface area contributed by atoms with E-state index in [0.717, 1.165) is 33.4 Å². The zero-order valence-electron chi connectivity index (χ0n) is 17.0. The Morgan fingerprint density at radius 3 is 1.67 bits per heavy atom. The first-order valence-electron chi connectivity index (χ1n) is 10.1. The lowest BCUT2D eigenvalue weighted by atomic mass is 9.67. The van der Waals surface area contributed by atoms with Gasteiger partial charge in [-0.3, -0.25) is 0 Å². The van der Waals surface area contributed by atoms with Crippen LogP contribution in [0.1, 0.15) is 43.0 Å². The Hall–Kier alpha value is -3.60. The van der Waals surface area contributed by atoms with E-state index in [-0.39, 0.29) is 11.1 Å². The van der Waals surface area contributed by atoms with Gasteiger partial charge in [-0.1, -0.05) is 77.8 Å². The van der Waals surface area contributed by atoms with Crippen LogP contribution in [0.25, 0.3) is 11.1 Å². The second kappa shape index (κ2) is 7.77. The molecule has 2 N–H and O–H groups in total. The Morgan fingerprint density at radius 2 is 1.15 bits per heavy atom. The summed E-state index contributed by atoms with van der Waals surface area (Å²) in [6.07, 6.45) is 0. The predicted molar refractivity (Wildman–Crippen MR) is 128 cm³/mol. The predicted octanol–water partition coefficient (Wildman–Crippen LogP) is 6.75. The molecule has 33 heavy (non-hydrogen) atoms. The molecular formula is C27H16Cl2O4. The molecule has 5 rings (SSSR count). The quantitative estimate of drug-likeness (QED) is 0.302. The number of hydrogen-bond donors (Lipinski definition) is 2. The summed E-state index contributed by atoms with van der Waals surface area (Å²) in [5, 5.41) is 19.6. The van der Waals surface area contributed by atoms with Crippen molar-refractivity contribution in [2.75, 3.05) is 0 Å². The molecule has 0 heterocycles. The van der Waals surface area contributed by atoms with Gasteiger partial charge in [0.25, 0.3) is 0 Å². The van der Waals surface area contributed by atoms with Gasteiger partial charge in [0.05, 0.1) is 26.6 Å². The molecule has 0 fully saturated rings. The Kier molecular flexibility index (Phi) is 5.00. The summed E-state index contributed by atoms with van der Waals surface area (Å²) in [5.74, 6) is -2.04. The van der Waals surface area contributed by atoms with Crippen LogP contribution in [-0.2, 0) is 5.41 Å². The van der Waals surface area contributed by atoms with E-state index in [4.69, 9.17) is 23.2 Å². The molecule has 0 unspecified atom stereocenters. The van der Waals surface area contributed by atoms with E-state index in [2.05, 4.69) is 0 Å². The smallest absolute Gasteiger partial charge is 0.335 e. The molecule has 0 aromatic heterocycles. The summed E-state index contributed by atoms with van der Waals surface area (Å²) in [4.78, 5) is 23.0. The molecule has 4 aromatic rings. The van der Waals surface area contributed by atoms with Crippen molar-refractivity contribution in [2.24, 2.45) is 0 Å². The van der Waals surface area contributed by atoms with Crippen LogP contribution >= 0.6 is 23.2 Å². The van der Waals surface area contributed by atoms with Gasteiger partial charge in [0, 0.05) is 0 Å². The SMILES string of the molecule is O=C(O)c1ccc(C2(c3ccc(C(=O)O)cc3)c3ccccc3-c3ccc(Cl)c(Cl)c32)cc1. The van der Waals surface area contributed by atoms with E-state index >= 15 is 0 Å². The highest BCUT2D eigenvalue weighted by molar-refractivity contribution is 6.43. The third-order valence-electron chi connectivity index (χ3n) is 6.22. The van der Waals surface area contributed by atoms with Gasteiger partial charge in [-0.15, -0.1) is 0 Å². The largest absolute Gasteiger partial charge is 0.478 e. The van der Waals surface area contributed by atoms with Gasteiger partial charge in [0.15, 0.2) is 0 Å². The number of carbonyl (C=O) groups is 2. The minimum absolute atomic E-state index is 0.166. The van der Waals surface area contributed by atoms with E-state index in [1.165, 1.54) is 0 Å². The first kappa shape index (κ1) is 21.3. The van der Waals surface area contributed by atoms with Gasteiger partial charge >= 0.3 is 11.9 Å². The normalized spacial score (nSPS) is 13.3. The van der Waals surface area contributed by atoms with Crippen molar-refractivity contribution in [1.29, 1.82) is 0 Å². The van der Waals surface area contributed by atoms with Crippen molar-refractivity contribution in [2.45, 2.75) is 5.41 Å². The Morgan fingerprint density at radius 1 is 0.636 bits per heavy atom. The summed E-state index contributed by atoms with van der Waals surface area (Å²) in [7, 11) is 0. The minimum Gasteiger partial charge on any atom is -0.478 e. The van der Waals surface area contributed by atoms with E-state index < -0.39 is 17.4 Å². The zero-order valence-corrected chi connectivity index (χ0v) is 18.6. The maximum Gasteiger partial charge on any atom is 0.335 e. The van der Waals surface area contributed by atoms with Gasteiger partial charge in [-0.2, -0.15) is 0 Å². The number of hydrogen-bond acceptors (Lipinski definition) is 2. The average Bonchev–Trinajstić information content (AvgIpc) is 3.13. The Labute approximate surface area is 199 Å². The third kappa shape index (κ3) is 3.06. The molecule has 0 aliphatic heterocycles. The van der Waals surface area contributed by atoms with Crippen molar-refractivity contribution < 1.29 is 19.8 Å². The van der Waals surface area contributed by atoms with E-state index in [1.807, 2.05) is 30.3 Å². The summed E-state index contributed by atoms with van der Waals surface area (Å²) in [5.41, 5.74) is 4.65. The lowest BCUT2D eigenvalue weighted by Crippen LogP contribution is -2.29. The second-order valence-electron chi connectivity index (χ2n) is 7.84. The monoisotopic (exact) mass is 474 g/mol. The molecule has 1 aliphatic carbocycles. The van der Waals surface area contributed by atoms with Gasteiger partial charge in [-0.05, 0) is 63.7 Å². The van der Waals surface area contributed by atoms with Gasteiger partial charge in [0.1, 0.15) is 0 Å². The van der Waals surface area contributed by atoms with Crippen LogP contribution in [0, 0.1) is 0 Å². The third-order valence-corrected chi connectivity index (χ3v) is 7.03. The molecular weight excluding hydrogens is 459 g/mol. The number of rotatable bonds is 4. The van der Waals surface area contributed by atoms with Gasteiger partial charge in [0.2, 0.25) is 0 Å². The molecule has 1 aliphatic rings. The summed E-state index contributed by atoms with van der Waals surface area (Å²) in [6.45, 7) is 0. The van der Waals surface area contributed by atoms with E-state index in [0.29, 0.717) is 10.0 Å². The van der Waals surface area contributed by atoms with Crippen LogP contribution in [0.5, 0.6) is 0 Å². The molecule has 0 radical (unpaired) electrons. The summed E-state index contributed by atoms with van der Waals surface area (Å²) >= 11 is 13.3. The fraction of sp³-hybridized carbons (Fsp3) is 0.0370. The number of carboxylic acid groups (broad SMARTS) is 2. The maximum atomic E-state index is 11.5. The van der Waals surface area contributed by atoms with Crippen LogP contribution in [0.3, 0.4) is 0 Å². The Balaban J connectivity index is 1.92. The van der Waals surface area contributed by atoms with Crippen molar-refractivity contribution >= 4 is 35.1 Å². The summed E-state index contributed by atoms with van der Waals surface area (Å²) < 4.78 is 0. The standard InChI is InChI=1S/C27H16Cl2O4/c28-22-14-13-20-19-3-1-2-4-21(19)27(23(20)24(22)29,17-9-5-15(6-10-17)25(30)31)18-11-7-16(8-12-18)26(32)33/h1-14H,(H,30,31)(H,32,33). The first-order valence-corrected chi connectivity index (χ1v) is 10.9. The fourth-order valence-corrected chi connectivity index (χ4v) is 5.28. The van der Waals surface area contributed by atoms with Gasteiger partial charge in [-0.25, -0.2) is 9.59 Å². The topological polar surface area (TPSA) is 74.6 Å². The van der Waals surface area contributed by atoms with Crippen molar-refractivity contribution in [3.63, 3.8) is 0 Å².